The lowest BCUT2D eigenvalue weighted by molar-refractivity contribution is -0.137. The molecule has 0 aromatic carbocycles. The van der Waals surface area contributed by atoms with Crippen molar-refractivity contribution >= 4 is 17.7 Å². The molecule has 0 fully saturated rings. The molecule has 4 nitrogen and oxygen atoms in total. The van der Waals surface area contributed by atoms with E-state index >= 15 is 0 Å². The van der Waals surface area contributed by atoms with Crippen LogP contribution in [0.4, 0.5) is 0 Å². The van der Waals surface area contributed by atoms with E-state index in [1.54, 1.807) is 0 Å². The summed E-state index contributed by atoms with van der Waals surface area (Å²) in [6, 6.07) is 0. The van der Waals surface area contributed by atoms with E-state index in [1.807, 2.05) is 19.0 Å². The first-order valence-electron chi connectivity index (χ1n) is 3.68. The molecule has 12 heavy (non-hydrogen) atoms. The average molecular weight is 193 g/mol. The second kappa shape index (κ2) is 6.28. The van der Waals surface area contributed by atoms with Crippen molar-refractivity contribution in [2.45, 2.75) is 5.25 Å². The minimum Gasteiger partial charge on any atom is -0.480 e. The molecule has 0 aromatic heterocycles. The van der Waals surface area contributed by atoms with Crippen molar-refractivity contribution in [2.24, 2.45) is 0 Å². The van der Waals surface area contributed by atoms with E-state index in [2.05, 4.69) is 0 Å². The monoisotopic (exact) mass is 193 g/mol. The van der Waals surface area contributed by atoms with Gasteiger partial charge in [0.1, 0.15) is 5.25 Å². The summed E-state index contributed by atoms with van der Waals surface area (Å²) in [5.74, 6) is -0.217. The third-order valence-corrected chi connectivity index (χ3v) is 2.47. The summed E-state index contributed by atoms with van der Waals surface area (Å²) >= 11 is 1.27. The lowest BCUT2D eigenvalue weighted by Crippen LogP contribution is -2.23. The fourth-order valence-electron chi connectivity index (χ4n) is 0.580. The van der Waals surface area contributed by atoms with Crippen LogP contribution in [0.3, 0.4) is 0 Å². The normalized spacial score (nSPS) is 13.3. The number of carboxylic acids is 1. The fraction of sp³-hybridized carbons (Fsp3) is 0.857. The highest BCUT2D eigenvalue weighted by Gasteiger charge is 2.15. The second-order valence-corrected chi connectivity index (χ2v) is 3.99. The van der Waals surface area contributed by atoms with Crippen LogP contribution in [0, 0.1) is 0 Å². The van der Waals surface area contributed by atoms with Crippen LogP contribution in [0.2, 0.25) is 0 Å². The molecule has 1 atom stereocenters. The summed E-state index contributed by atoms with van der Waals surface area (Å²) in [6.07, 6.45) is 0. The highest BCUT2D eigenvalue weighted by Crippen LogP contribution is 2.09. The Kier molecular flexibility index (Phi) is 6.14. The van der Waals surface area contributed by atoms with Gasteiger partial charge < -0.3 is 15.1 Å². The number of aliphatic hydroxyl groups excluding tert-OH is 1. The van der Waals surface area contributed by atoms with Crippen LogP contribution >= 0.6 is 11.8 Å². The van der Waals surface area contributed by atoms with Gasteiger partial charge in [0.25, 0.3) is 0 Å². The molecule has 0 saturated carbocycles. The number of nitrogens with zero attached hydrogens (tertiary/aromatic N) is 1. The molecule has 0 saturated heterocycles. The van der Waals surface area contributed by atoms with Crippen LogP contribution in [-0.2, 0) is 4.79 Å². The number of hydrogen-bond acceptors (Lipinski definition) is 4. The fourth-order valence-corrected chi connectivity index (χ4v) is 1.58. The van der Waals surface area contributed by atoms with E-state index in [4.69, 9.17) is 10.2 Å². The van der Waals surface area contributed by atoms with Crippen molar-refractivity contribution in [3.63, 3.8) is 0 Å². The molecule has 0 radical (unpaired) electrons. The Hall–Kier alpha value is -0.260. The SMILES string of the molecule is CN(C)CCSC(CO)C(=O)O. The van der Waals surface area contributed by atoms with Crippen LogP contribution in [0.5, 0.6) is 0 Å². The first kappa shape index (κ1) is 11.7. The molecule has 0 aliphatic heterocycles. The third-order valence-electron chi connectivity index (χ3n) is 1.30. The number of aliphatic carboxylic acids is 1. The summed E-state index contributed by atoms with van der Waals surface area (Å²) in [5.41, 5.74) is 0. The molecule has 1 unspecified atom stereocenters. The predicted octanol–water partition coefficient (Wildman–Crippen LogP) is -0.273. The summed E-state index contributed by atoms with van der Waals surface area (Å²) in [5, 5.41) is 16.5. The maximum atomic E-state index is 10.4. The zero-order chi connectivity index (χ0) is 9.56. The molecule has 72 valence electrons. The Balaban J connectivity index is 3.52. The molecule has 0 amide bonds. The molecule has 0 aromatic rings. The topological polar surface area (TPSA) is 60.8 Å². The lowest BCUT2D eigenvalue weighted by Gasteiger charge is -2.11. The maximum absolute atomic E-state index is 10.4. The van der Waals surface area contributed by atoms with Gasteiger partial charge in [0.05, 0.1) is 6.61 Å². The first-order valence-corrected chi connectivity index (χ1v) is 4.72. The average Bonchev–Trinajstić information content (AvgIpc) is 1.96. The summed E-state index contributed by atoms with van der Waals surface area (Å²) in [6.45, 7) is 0.530. The highest BCUT2D eigenvalue weighted by molar-refractivity contribution is 8.00. The molecule has 0 aliphatic rings. The number of carbonyl (C=O) groups is 1. The molecule has 0 spiro atoms. The Bertz CT molecular complexity index is 141. The van der Waals surface area contributed by atoms with E-state index in [0.717, 1.165) is 12.3 Å². The van der Waals surface area contributed by atoms with Crippen molar-refractivity contribution in [1.29, 1.82) is 0 Å². The van der Waals surface area contributed by atoms with E-state index in [9.17, 15) is 4.79 Å². The van der Waals surface area contributed by atoms with Gasteiger partial charge in [0, 0.05) is 12.3 Å². The van der Waals surface area contributed by atoms with Crippen LogP contribution in [0.25, 0.3) is 0 Å². The summed E-state index contributed by atoms with van der Waals surface area (Å²) in [7, 11) is 3.85. The molecular weight excluding hydrogens is 178 g/mol. The molecule has 0 rings (SSSR count). The first-order chi connectivity index (χ1) is 5.57. The van der Waals surface area contributed by atoms with Gasteiger partial charge in [0.15, 0.2) is 0 Å². The summed E-state index contributed by atoms with van der Waals surface area (Å²) in [4.78, 5) is 12.4. The van der Waals surface area contributed by atoms with Crippen LogP contribution in [0.1, 0.15) is 0 Å². The van der Waals surface area contributed by atoms with Gasteiger partial charge in [-0.15, -0.1) is 11.8 Å². The van der Waals surface area contributed by atoms with E-state index in [0.29, 0.717) is 0 Å². The van der Waals surface area contributed by atoms with Gasteiger partial charge in [-0.2, -0.15) is 0 Å². The predicted molar refractivity (Wildman–Crippen MR) is 49.5 cm³/mol. The number of carboxylic acid groups (broad SMARTS) is 1. The van der Waals surface area contributed by atoms with Gasteiger partial charge in [-0.3, -0.25) is 4.79 Å². The number of thioether (sulfide) groups is 1. The Morgan fingerprint density at radius 2 is 2.17 bits per heavy atom. The zero-order valence-electron chi connectivity index (χ0n) is 7.36. The second-order valence-electron chi connectivity index (χ2n) is 2.68. The minimum absolute atomic E-state index is 0.298. The third kappa shape index (κ3) is 5.40. The van der Waals surface area contributed by atoms with Crippen LogP contribution < -0.4 is 0 Å². The molecule has 0 aliphatic carbocycles. The molecular formula is C7H15NO3S. The number of aliphatic hydroxyl groups is 1. The van der Waals surface area contributed by atoms with Crippen LogP contribution in [-0.4, -0.2) is 59.3 Å². The van der Waals surface area contributed by atoms with Crippen molar-refractivity contribution in [1.82, 2.24) is 4.90 Å². The van der Waals surface area contributed by atoms with Crippen molar-refractivity contribution < 1.29 is 15.0 Å². The van der Waals surface area contributed by atoms with Gasteiger partial charge in [-0.1, -0.05) is 0 Å². The van der Waals surface area contributed by atoms with Crippen molar-refractivity contribution in [3.8, 4) is 0 Å². The Labute approximate surface area is 76.6 Å². The van der Waals surface area contributed by atoms with E-state index < -0.39 is 11.2 Å². The highest BCUT2D eigenvalue weighted by atomic mass is 32.2. The van der Waals surface area contributed by atoms with Crippen LogP contribution in [0.15, 0.2) is 0 Å². The number of rotatable bonds is 6. The molecule has 0 heterocycles. The van der Waals surface area contributed by atoms with Gasteiger partial charge in [-0.05, 0) is 14.1 Å². The molecule has 5 heteroatoms. The number of hydrogen-bond donors (Lipinski definition) is 2. The minimum atomic E-state index is -0.943. The summed E-state index contributed by atoms with van der Waals surface area (Å²) < 4.78 is 0. The molecule has 2 N–H and O–H groups in total. The van der Waals surface area contributed by atoms with Gasteiger partial charge in [-0.25, -0.2) is 0 Å². The largest absolute Gasteiger partial charge is 0.480 e. The van der Waals surface area contributed by atoms with Crippen molar-refractivity contribution in [2.75, 3.05) is 33.0 Å². The maximum Gasteiger partial charge on any atom is 0.318 e. The van der Waals surface area contributed by atoms with Crippen molar-refractivity contribution in [3.05, 3.63) is 0 Å². The molecule has 0 bridgehead atoms. The van der Waals surface area contributed by atoms with Gasteiger partial charge in [0.2, 0.25) is 0 Å². The Morgan fingerprint density at radius 1 is 1.58 bits per heavy atom. The standard InChI is InChI=1S/C7H15NO3S/c1-8(2)3-4-12-6(5-9)7(10)11/h6,9H,3-5H2,1-2H3,(H,10,11). The zero-order valence-corrected chi connectivity index (χ0v) is 8.17. The van der Waals surface area contributed by atoms with E-state index in [1.165, 1.54) is 11.8 Å². The van der Waals surface area contributed by atoms with Gasteiger partial charge >= 0.3 is 5.97 Å². The quantitative estimate of drug-likeness (QED) is 0.608. The smallest absolute Gasteiger partial charge is 0.318 e. The Morgan fingerprint density at radius 3 is 2.50 bits per heavy atom. The van der Waals surface area contributed by atoms with E-state index in [-0.39, 0.29) is 6.61 Å². The lowest BCUT2D eigenvalue weighted by atomic mass is 10.5.